The molecule has 2 heteroatoms. The fraction of sp³-hybridized carbons (Fsp3) is 0.552. The first kappa shape index (κ1) is 23.6. The number of carbonyl (C=O) groups excluding carboxylic acids is 1. The molecule has 0 aromatic heterocycles. The number of esters is 1. The van der Waals surface area contributed by atoms with Crippen LogP contribution in [-0.4, -0.2) is 5.97 Å². The van der Waals surface area contributed by atoms with E-state index in [4.69, 9.17) is 4.74 Å². The fourth-order valence-corrected chi connectivity index (χ4v) is 4.87. The Bertz CT molecular complexity index is 767. The molecule has 0 saturated heterocycles. The van der Waals surface area contributed by atoms with Crippen molar-refractivity contribution in [3.8, 4) is 5.75 Å². The lowest BCUT2D eigenvalue weighted by Crippen LogP contribution is -2.13. The maximum atomic E-state index is 12.2. The smallest absolute Gasteiger partial charge is 0.311 e. The lowest BCUT2D eigenvalue weighted by Gasteiger charge is -2.29. The minimum atomic E-state index is -0.159. The lowest BCUT2D eigenvalue weighted by molar-refractivity contribution is -0.134. The zero-order valence-corrected chi connectivity index (χ0v) is 19.6. The summed E-state index contributed by atoms with van der Waals surface area (Å²) in [5, 5.41) is 0. The van der Waals surface area contributed by atoms with Crippen LogP contribution in [0.15, 0.2) is 48.5 Å². The first-order valence-electron chi connectivity index (χ1n) is 12.6. The van der Waals surface area contributed by atoms with Crippen molar-refractivity contribution in [2.24, 2.45) is 5.92 Å². The summed E-state index contributed by atoms with van der Waals surface area (Å²) < 4.78 is 5.49. The summed E-state index contributed by atoms with van der Waals surface area (Å²) >= 11 is 0. The second-order valence-electron chi connectivity index (χ2n) is 9.32. The van der Waals surface area contributed by atoms with E-state index in [1.165, 1.54) is 68.1 Å². The predicted molar refractivity (Wildman–Crippen MR) is 130 cm³/mol. The molecule has 3 rings (SSSR count). The van der Waals surface area contributed by atoms with Crippen LogP contribution >= 0.6 is 0 Å². The molecule has 168 valence electrons. The molecule has 1 saturated carbocycles. The zero-order valence-electron chi connectivity index (χ0n) is 19.6. The van der Waals surface area contributed by atoms with Gasteiger partial charge in [-0.15, -0.1) is 0 Å². The molecule has 0 spiro atoms. The number of aryl methyl sites for hydroxylation is 2. The number of carbonyl (C=O) groups is 1. The lowest BCUT2D eigenvalue weighted by atomic mass is 9.77. The van der Waals surface area contributed by atoms with Crippen LogP contribution in [0.1, 0.15) is 101 Å². The third-order valence-corrected chi connectivity index (χ3v) is 6.83. The largest absolute Gasteiger partial charge is 0.427 e. The van der Waals surface area contributed by atoms with E-state index in [0.717, 1.165) is 31.1 Å². The molecule has 0 bridgehead atoms. The molecule has 0 amide bonds. The molecular formula is C29H40O2. The molecule has 1 fully saturated rings. The van der Waals surface area contributed by atoms with E-state index in [0.29, 0.717) is 12.2 Å². The quantitative estimate of drug-likeness (QED) is 0.209. The summed E-state index contributed by atoms with van der Waals surface area (Å²) in [5.41, 5.74) is 3.98. The van der Waals surface area contributed by atoms with Crippen molar-refractivity contribution in [3.05, 3.63) is 65.2 Å². The van der Waals surface area contributed by atoms with Gasteiger partial charge in [-0.05, 0) is 79.2 Å². The highest BCUT2D eigenvalue weighted by Crippen LogP contribution is 2.37. The summed E-state index contributed by atoms with van der Waals surface area (Å²) in [5.74, 6) is 2.16. The van der Waals surface area contributed by atoms with E-state index in [1.807, 2.05) is 24.3 Å². The Balaban J connectivity index is 1.40. The van der Waals surface area contributed by atoms with Crippen molar-refractivity contribution in [3.63, 3.8) is 0 Å². The summed E-state index contributed by atoms with van der Waals surface area (Å²) in [4.78, 5) is 12.2. The van der Waals surface area contributed by atoms with Gasteiger partial charge in [0.25, 0.3) is 0 Å². The van der Waals surface area contributed by atoms with E-state index in [2.05, 4.69) is 38.1 Å². The van der Waals surface area contributed by atoms with Gasteiger partial charge >= 0.3 is 5.97 Å². The molecule has 0 N–H and O–H groups in total. The molecule has 2 nitrogen and oxygen atoms in total. The van der Waals surface area contributed by atoms with Crippen molar-refractivity contribution in [2.75, 3.05) is 0 Å². The van der Waals surface area contributed by atoms with Gasteiger partial charge in [0.2, 0.25) is 0 Å². The van der Waals surface area contributed by atoms with E-state index >= 15 is 0 Å². The van der Waals surface area contributed by atoms with Gasteiger partial charge in [0.1, 0.15) is 5.75 Å². The van der Waals surface area contributed by atoms with Gasteiger partial charge in [-0.2, -0.15) is 0 Å². The zero-order chi connectivity index (χ0) is 21.9. The van der Waals surface area contributed by atoms with Crippen molar-refractivity contribution in [1.29, 1.82) is 0 Å². The first-order valence-corrected chi connectivity index (χ1v) is 12.6. The third-order valence-electron chi connectivity index (χ3n) is 6.83. The summed E-state index contributed by atoms with van der Waals surface area (Å²) in [6.45, 7) is 4.45. The number of ether oxygens (including phenoxy) is 1. The Labute approximate surface area is 189 Å². The van der Waals surface area contributed by atoms with E-state index in [9.17, 15) is 4.79 Å². The fourth-order valence-electron chi connectivity index (χ4n) is 4.87. The van der Waals surface area contributed by atoms with Crippen molar-refractivity contribution < 1.29 is 9.53 Å². The second-order valence-corrected chi connectivity index (χ2v) is 9.32. The third kappa shape index (κ3) is 7.83. The maximum Gasteiger partial charge on any atom is 0.311 e. The molecule has 0 atom stereocenters. The van der Waals surface area contributed by atoms with Crippen LogP contribution < -0.4 is 4.74 Å². The Kier molecular flexibility index (Phi) is 9.65. The molecule has 1 aliphatic rings. The SMILES string of the molecule is CCCCCC1CCC(c2ccc(CCC(=O)Oc3ccc(CCC)cc3)cc2)CC1. The number of rotatable bonds is 11. The Morgan fingerprint density at radius 3 is 2.10 bits per heavy atom. The van der Waals surface area contributed by atoms with Crippen LogP contribution in [0.2, 0.25) is 0 Å². The van der Waals surface area contributed by atoms with Crippen molar-refractivity contribution in [1.82, 2.24) is 0 Å². The number of unbranched alkanes of at least 4 members (excludes halogenated alkanes) is 2. The number of hydrogen-bond acceptors (Lipinski definition) is 2. The molecule has 31 heavy (non-hydrogen) atoms. The van der Waals surface area contributed by atoms with Gasteiger partial charge in [-0.25, -0.2) is 0 Å². The van der Waals surface area contributed by atoms with Crippen LogP contribution in [0.4, 0.5) is 0 Å². The Morgan fingerprint density at radius 1 is 0.806 bits per heavy atom. The highest BCUT2D eigenvalue weighted by atomic mass is 16.5. The van der Waals surface area contributed by atoms with Crippen LogP contribution in [0.5, 0.6) is 5.75 Å². The first-order chi connectivity index (χ1) is 15.2. The van der Waals surface area contributed by atoms with Crippen molar-refractivity contribution in [2.45, 2.75) is 96.8 Å². The van der Waals surface area contributed by atoms with Gasteiger partial charge in [0.05, 0.1) is 0 Å². The normalized spacial score (nSPS) is 18.6. The molecule has 2 aromatic carbocycles. The van der Waals surface area contributed by atoms with Crippen molar-refractivity contribution >= 4 is 5.97 Å². The van der Waals surface area contributed by atoms with Crippen LogP contribution in [0, 0.1) is 5.92 Å². The number of benzene rings is 2. The van der Waals surface area contributed by atoms with Gasteiger partial charge in [0.15, 0.2) is 0 Å². The predicted octanol–water partition coefficient (Wildman–Crippen LogP) is 8.03. The minimum Gasteiger partial charge on any atom is -0.427 e. The van der Waals surface area contributed by atoms with Gasteiger partial charge in [-0.1, -0.05) is 82.3 Å². The van der Waals surface area contributed by atoms with E-state index in [-0.39, 0.29) is 5.97 Å². The highest BCUT2D eigenvalue weighted by molar-refractivity contribution is 5.72. The van der Waals surface area contributed by atoms with E-state index in [1.54, 1.807) is 0 Å². The van der Waals surface area contributed by atoms with Crippen LogP contribution in [0.25, 0.3) is 0 Å². The standard InChI is InChI=1S/C29H40O2/c1-3-5-6-8-24-9-16-26(17-10-24)27-18-11-25(12-19-27)15-22-29(30)31-28-20-13-23(7-4-2)14-21-28/h11-14,18-21,24,26H,3-10,15-17,22H2,1-2H3. The number of hydrogen-bond donors (Lipinski definition) is 0. The Hall–Kier alpha value is -2.09. The molecule has 0 unspecified atom stereocenters. The topological polar surface area (TPSA) is 26.3 Å². The molecule has 2 aromatic rings. The summed E-state index contributed by atoms with van der Waals surface area (Å²) in [7, 11) is 0. The molecule has 0 aliphatic heterocycles. The van der Waals surface area contributed by atoms with Gasteiger partial charge in [-0.3, -0.25) is 4.79 Å². The Morgan fingerprint density at radius 2 is 1.45 bits per heavy atom. The van der Waals surface area contributed by atoms with Crippen LogP contribution in [-0.2, 0) is 17.6 Å². The molecule has 0 radical (unpaired) electrons. The van der Waals surface area contributed by atoms with Crippen LogP contribution in [0.3, 0.4) is 0 Å². The molecule has 0 heterocycles. The molecule has 1 aliphatic carbocycles. The minimum absolute atomic E-state index is 0.159. The highest BCUT2D eigenvalue weighted by Gasteiger charge is 2.22. The monoisotopic (exact) mass is 420 g/mol. The second kappa shape index (κ2) is 12.7. The van der Waals surface area contributed by atoms with Gasteiger partial charge < -0.3 is 4.74 Å². The van der Waals surface area contributed by atoms with E-state index < -0.39 is 0 Å². The average molecular weight is 421 g/mol. The summed E-state index contributed by atoms with van der Waals surface area (Å²) in [6, 6.07) is 16.9. The average Bonchev–Trinajstić information content (AvgIpc) is 2.80. The van der Waals surface area contributed by atoms with Gasteiger partial charge in [0, 0.05) is 6.42 Å². The molecular weight excluding hydrogens is 380 g/mol. The maximum absolute atomic E-state index is 12.2. The summed E-state index contributed by atoms with van der Waals surface area (Å²) in [6.07, 6.45) is 14.3.